The van der Waals surface area contributed by atoms with Crippen molar-refractivity contribution < 1.29 is 9.84 Å². The highest BCUT2D eigenvalue weighted by Gasteiger charge is 2.10. The zero-order chi connectivity index (χ0) is 18.4. The monoisotopic (exact) mass is 509 g/mol. The lowest BCUT2D eigenvalue weighted by molar-refractivity contribution is 0.410. The predicted molar refractivity (Wildman–Crippen MR) is 118 cm³/mol. The molecule has 2 aromatic carbocycles. The number of phenols is 1. The van der Waals surface area contributed by atoms with Crippen LogP contribution < -0.4 is 15.4 Å². The van der Waals surface area contributed by atoms with Crippen LogP contribution in [0.2, 0.25) is 10.0 Å². The Morgan fingerprint density at radius 2 is 1.92 bits per heavy atom. The molecule has 8 heteroatoms. The summed E-state index contributed by atoms with van der Waals surface area (Å²) >= 11 is 12.0. The zero-order valence-electron chi connectivity index (χ0n) is 14.7. The van der Waals surface area contributed by atoms with Gasteiger partial charge in [0.15, 0.2) is 5.96 Å². The molecule has 0 aromatic heterocycles. The molecule has 3 N–H and O–H groups in total. The van der Waals surface area contributed by atoms with Crippen molar-refractivity contribution in [1.82, 2.24) is 10.6 Å². The molecule has 2 aromatic rings. The quantitative estimate of drug-likeness (QED) is 0.309. The van der Waals surface area contributed by atoms with E-state index in [0.717, 1.165) is 5.56 Å². The smallest absolute Gasteiger partial charge is 0.191 e. The first-order valence-corrected chi connectivity index (χ1v) is 8.48. The van der Waals surface area contributed by atoms with Gasteiger partial charge in [-0.05, 0) is 42.8 Å². The van der Waals surface area contributed by atoms with Crippen molar-refractivity contribution in [3.05, 3.63) is 57.6 Å². The summed E-state index contributed by atoms with van der Waals surface area (Å²) in [5, 5.41) is 17.4. The molecule has 0 amide bonds. The first-order chi connectivity index (χ1) is 11.9. The van der Waals surface area contributed by atoms with E-state index >= 15 is 0 Å². The highest BCUT2D eigenvalue weighted by atomic mass is 127. The van der Waals surface area contributed by atoms with Crippen LogP contribution in [0.1, 0.15) is 24.1 Å². The van der Waals surface area contributed by atoms with Gasteiger partial charge in [-0.25, -0.2) is 0 Å². The van der Waals surface area contributed by atoms with E-state index in [-0.39, 0.29) is 35.8 Å². The molecular weight excluding hydrogens is 488 g/mol. The Hall–Kier alpha value is -1.38. The number of aromatic hydroxyl groups is 1. The van der Waals surface area contributed by atoms with Crippen LogP contribution in [0.5, 0.6) is 11.5 Å². The molecule has 0 heterocycles. The standard InChI is InChI=1S/C18H21Cl2N3O2.HI/c1-11(12-4-6-15(19)16(20)9-12)23-18(21-2)22-10-13-8-14(25-3)5-7-17(13)24;/h4-9,11,24H,10H2,1-3H3,(H2,21,22,23);1H. The molecule has 0 spiro atoms. The van der Waals surface area contributed by atoms with Crippen molar-refractivity contribution in [1.29, 1.82) is 0 Å². The molecule has 0 aliphatic rings. The third-order valence-electron chi connectivity index (χ3n) is 3.75. The van der Waals surface area contributed by atoms with Gasteiger partial charge in [0.1, 0.15) is 11.5 Å². The maximum Gasteiger partial charge on any atom is 0.191 e. The summed E-state index contributed by atoms with van der Waals surface area (Å²) in [5.41, 5.74) is 1.70. The Morgan fingerprint density at radius 1 is 1.19 bits per heavy atom. The van der Waals surface area contributed by atoms with E-state index in [1.165, 1.54) is 0 Å². The lowest BCUT2D eigenvalue weighted by Crippen LogP contribution is -2.38. The number of hydrogen-bond acceptors (Lipinski definition) is 3. The first-order valence-electron chi connectivity index (χ1n) is 7.72. The second-order valence-corrected chi connectivity index (χ2v) is 6.27. The number of hydrogen-bond donors (Lipinski definition) is 3. The number of nitrogens with one attached hydrogen (secondary N) is 2. The van der Waals surface area contributed by atoms with Gasteiger partial charge in [-0.2, -0.15) is 0 Å². The maximum absolute atomic E-state index is 9.95. The Bertz CT molecular complexity index is 772. The highest BCUT2D eigenvalue weighted by Crippen LogP contribution is 2.25. The molecular formula is C18H22Cl2IN3O2. The summed E-state index contributed by atoms with van der Waals surface area (Å²) in [5.74, 6) is 1.48. The van der Waals surface area contributed by atoms with Gasteiger partial charge in [0.05, 0.1) is 23.2 Å². The van der Waals surface area contributed by atoms with Crippen LogP contribution in [0, 0.1) is 0 Å². The Labute approximate surface area is 180 Å². The second-order valence-electron chi connectivity index (χ2n) is 5.46. The number of methoxy groups -OCH3 is 1. The van der Waals surface area contributed by atoms with E-state index in [9.17, 15) is 5.11 Å². The molecule has 142 valence electrons. The molecule has 0 aliphatic carbocycles. The third kappa shape index (κ3) is 6.10. The Kier molecular flexibility index (Phi) is 9.32. The molecule has 1 unspecified atom stereocenters. The second kappa shape index (κ2) is 10.7. The van der Waals surface area contributed by atoms with Gasteiger partial charge in [-0.3, -0.25) is 4.99 Å². The lowest BCUT2D eigenvalue weighted by Gasteiger charge is -2.19. The minimum Gasteiger partial charge on any atom is -0.508 e. The summed E-state index contributed by atoms with van der Waals surface area (Å²) < 4.78 is 5.18. The maximum atomic E-state index is 9.95. The molecule has 0 aliphatic heterocycles. The van der Waals surface area contributed by atoms with Crippen LogP contribution in [0.25, 0.3) is 0 Å². The molecule has 0 bridgehead atoms. The molecule has 5 nitrogen and oxygen atoms in total. The van der Waals surface area contributed by atoms with Crippen LogP contribution in [0.4, 0.5) is 0 Å². The van der Waals surface area contributed by atoms with Gasteiger partial charge in [0, 0.05) is 19.2 Å². The van der Waals surface area contributed by atoms with E-state index in [1.807, 2.05) is 19.1 Å². The van der Waals surface area contributed by atoms with Crippen LogP contribution in [-0.4, -0.2) is 25.2 Å². The van der Waals surface area contributed by atoms with Crippen molar-refractivity contribution in [2.24, 2.45) is 4.99 Å². The zero-order valence-corrected chi connectivity index (χ0v) is 18.6. The van der Waals surface area contributed by atoms with Gasteiger partial charge in [0.2, 0.25) is 0 Å². The predicted octanol–water partition coefficient (Wildman–Crippen LogP) is 4.75. The average molecular weight is 510 g/mol. The van der Waals surface area contributed by atoms with E-state index in [1.54, 1.807) is 38.4 Å². The van der Waals surface area contributed by atoms with Gasteiger partial charge >= 0.3 is 0 Å². The summed E-state index contributed by atoms with van der Waals surface area (Å²) in [6.07, 6.45) is 0. The van der Waals surface area contributed by atoms with Crippen LogP contribution in [0.3, 0.4) is 0 Å². The van der Waals surface area contributed by atoms with Crippen LogP contribution in [0.15, 0.2) is 41.4 Å². The minimum absolute atomic E-state index is 0. The fraction of sp³-hybridized carbons (Fsp3) is 0.278. The van der Waals surface area contributed by atoms with Crippen molar-refractivity contribution >= 4 is 53.1 Å². The molecule has 1 atom stereocenters. The molecule has 0 fully saturated rings. The number of nitrogens with zero attached hydrogens (tertiary/aromatic N) is 1. The van der Waals surface area contributed by atoms with Crippen molar-refractivity contribution in [2.75, 3.05) is 14.2 Å². The highest BCUT2D eigenvalue weighted by molar-refractivity contribution is 14.0. The number of phenolic OH excluding ortho intramolecular Hbond substituents is 1. The molecule has 0 saturated heterocycles. The van der Waals surface area contributed by atoms with Gasteiger partial charge in [0.25, 0.3) is 0 Å². The normalized spacial score (nSPS) is 12.1. The molecule has 2 rings (SSSR count). The Morgan fingerprint density at radius 3 is 2.54 bits per heavy atom. The summed E-state index contributed by atoms with van der Waals surface area (Å²) in [6.45, 7) is 2.40. The van der Waals surface area contributed by atoms with E-state index in [2.05, 4.69) is 15.6 Å². The fourth-order valence-corrected chi connectivity index (χ4v) is 2.58. The van der Waals surface area contributed by atoms with Crippen molar-refractivity contribution in [2.45, 2.75) is 19.5 Å². The van der Waals surface area contributed by atoms with Crippen LogP contribution in [-0.2, 0) is 6.54 Å². The van der Waals surface area contributed by atoms with E-state index in [0.29, 0.717) is 33.9 Å². The van der Waals surface area contributed by atoms with Gasteiger partial charge in [-0.1, -0.05) is 29.3 Å². The third-order valence-corrected chi connectivity index (χ3v) is 4.49. The topological polar surface area (TPSA) is 65.9 Å². The number of ether oxygens (including phenoxy) is 1. The molecule has 0 radical (unpaired) electrons. The molecule has 0 saturated carbocycles. The van der Waals surface area contributed by atoms with Gasteiger partial charge in [-0.15, -0.1) is 24.0 Å². The van der Waals surface area contributed by atoms with E-state index in [4.69, 9.17) is 27.9 Å². The van der Waals surface area contributed by atoms with Crippen LogP contribution >= 0.6 is 47.2 Å². The number of guanidine groups is 1. The van der Waals surface area contributed by atoms with Gasteiger partial charge < -0.3 is 20.5 Å². The largest absolute Gasteiger partial charge is 0.508 e. The number of benzene rings is 2. The summed E-state index contributed by atoms with van der Waals surface area (Å²) in [6, 6.07) is 10.6. The summed E-state index contributed by atoms with van der Waals surface area (Å²) in [4.78, 5) is 4.20. The molecule has 26 heavy (non-hydrogen) atoms. The lowest BCUT2D eigenvalue weighted by atomic mass is 10.1. The van der Waals surface area contributed by atoms with Crippen molar-refractivity contribution in [3.8, 4) is 11.5 Å². The van der Waals surface area contributed by atoms with E-state index < -0.39 is 0 Å². The first kappa shape index (κ1) is 22.7. The number of aliphatic imine (C=N–C) groups is 1. The SMILES string of the molecule is CN=C(NCc1cc(OC)ccc1O)NC(C)c1ccc(Cl)c(Cl)c1.I. The van der Waals surface area contributed by atoms with Crippen molar-refractivity contribution in [3.63, 3.8) is 0 Å². The minimum atomic E-state index is -0.0279. The number of halogens is 3. The Balaban J connectivity index is 0.00000338. The fourth-order valence-electron chi connectivity index (χ4n) is 2.27. The average Bonchev–Trinajstić information content (AvgIpc) is 2.61. The summed E-state index contributed by atoms with van der Waals surface area (Å²) in [7, 11) is 3.27. The number of rotatable bonds is 5.